The van der Waals surface area contributed by atoms with Gasteiger partial charge in [0.25, 0.3) is 5.91 Å². The largest absolute Gasteiger partial charge is 0.449 e. The van der Waals surface area contributed by atoms with Gasteiger partial charge < -0.3 is 10.5 Å². The zero-order chi connectivity index (χ0) is 19.4. The van der Waals surface area contributed by atoms with E-state index < -0.39 is 18.0 Å². The van der Waals surface area contributed by atoms with Crippen LogP contribution >= 0.6 is 11.3 Å². The molecule has 0 aliphatic heterocycles. The van der Waals surface area contributed by atoms with Gasteiger partial charge >= 0.3 is 5.97 Å². The Hall–Kier alpha value is -3.19. The van der Waals surface area contributed by atoms with Crippen LogP contribution in [-0.4, -0.2) is 23.0 Å². The Morgan fingerprint density at radius 1 is 1.19 bits per heavy atom. The Morgan fingerprint density at radius 2 is 1.93 bits per heavy atom. The number of nitrogens with one attached hydrogen (secondary N) is 1. The predicted molar refractivity (Wildman–Crippen MR) is 107 cm³/mol. The summed E-state index contributed by atoms with van der Waals surface area (Å²) < 4.78 is 5.20. The molecule has 0 saturated carbocycles. The second kappa shape index (κ2) is 8.01. The van der Waals surface area contributed by atoms with Gasteiger partial charge in [-0.3, -0.25) is 10.1 Å². The van der Waals surface area contributed by atoms with E-state index in [0.717, 1.165) is 11.3 Å². The summed E-state index contributed by atoms with van der Waals surface area (Å²) in [7, 11) is 0. The molecule has 0 aliphatic rings. The van der Waals surface area contributed by atoms with Crippen molar-refractivity contribution in [3.8, 4) is 11.3 Å². The predicted octanol–water partition coefficient (Wildman–Crippen LogP) is 3.88. The highest BCUT2D eigenvalue weighted by Gasteiger charge is 2.20. The van der Waals surface area contributed by atoms with Crippen molar-refractivity contribution in [2.24, 2.45) is 0 Å². The number of nitrogens with zero attached hydrogens (tertiary/aromatic N) is 1. The second-order valence-corrected chi connectivity index (χ2v) is 6.92. The average Bonchev–Trinajstić information content (AvgIpc) is 3.10. The van der Waals surface area contributed by atoms with E-state index in [9.17, 15) is 9.59 Å². The number of thiazole rings is 1. The van der Waals surface area contributed by atoms with Crippen LogP contribution in [0, 0.1) is 6.92 Å². The summed E-state index contributed by atoms with van der Waals surface area (Å²) in [6, 6.07) is 14.4. The quantitative estimate of drug-likeness (QED) is 0.517. The number of hydrogen-bond acceptors (Lipinski definition) is 6. The fraction of sp³-hybridized carbons (Fsp3) is 0.150. The van der Waals surface area contributed by atoms with E-state index in [-0.39, 0.29) is 0 Å². The van der Waals surface area contributed by atoms with Gasteiger partial charge in [-0.1, -0.05) is 35.9 Å². The minimum atomic E-state index is -0.967. The van der Waals surface area contributed by atoms with Crippen LogP contribution in [0.2, 0.25) is 0 Å². The number of amides is 1. The standard InChI is InChI=1S/C20H19N3O3S/c1-12-6-8-14(9-7-12)17-11-27-20(22-17)23-18(24)13(2)26-19(25)15-4-3-5-16(21)10-15/h3-11,13H,21H2,1-2H3,(H,22,23,24). The molecule has 1 unspecified atom stereocenters. The number of aromatic nitrogens is 1. The van der Waals surface area contributed by atoms with Gasteiger partial charge in [0.2, 0.25) is 0 Å². The third kappa shape index (κ3) is 4.71. The summed E-state index contributed by atoms with van der Waals surface area (Å²) in [5.41, 5.74) is 9.32. The number of carbonyl (C=O) groups excluding carboxylic acids is 2. The normalized spacial score (nSPS) is 11.6. The van der Waals surface area contributed by atoms with Gasteiger partial charge in [0.1, 0.15) is 0 Å². The first-order valence-corrected chi connectivity index (χ1v) is 9.20. The summed E-state index contributed by atoms with van der Waals surface area (Å²) >= 11 is 1.31. The smallest absolute Gasteiger partial charge is 0.338 e. The molecule has 3 rings (SSSR count). The van der Waals surface area contributed by atoms with Crippen LogP contribution in [0.25, 0.3) is 11.3 Å². The number of nitrogen functional groups attached to an aromatic ring is 1. The monoisotopic (exact) mass is 381 g/mol. The Bertz CT molecular complexity index is 967. The molecule has 0 radical (unpaired) electrons. The molecule has 1 amide bonds. The first-order chi connectivity index (χ1) is 12.9. The van der Waals surface area contributed by atoms with Crippen LogP contribution in [-0.2, 0) is 9.53 Å². The van der Waals surface area contributed by atoms with Crippen molar-refractivity contribution in [3.63, 3.8) is 0 Å². The van der Waals surface area contributed by atoms with E-state index in [1.807, 2.05) is 36.6 Å². The van der Waals surface area contributed by atoms with Crippen molar-refractivity contribution in [2.45, 2.75) is 20.0 Å². The van der Waals surface area contributed by atoms with Crippen molar-refractivity contribution >= 4 is 34.0 Å². The molecular weight excluding hydrogens is 362 g/mol. The highest BCUT2D eigenvalue weighted by atomic mass is 32.1. The number of benzene rings is 2. The van der Waals surface area contributed by atoms with E-state index in [4.69, 9.17) is 10.5 Å². The summed E-state index contributed by atoms with van der Waals surface area (Å²) in [6.07, 6.45) is -0.967. The number of hydrogen-bond donors (Lipinski definition) is 2. The lowest BCUT2D eigenvalue weighted by Crippen LogP contribution is -2.30. The Labute approximate surface area is 161 Å². The number of esters is 1. The van der Waals surface area contributed by atoms with Gasteiger partial charge in [0, 0.05) is 16.6 Å². The van der Waals surface area contributed by atoms with Crippen molar-refractivity contribution in [1.82, 2.24) is 4.98 Å². The molecule has 0 fully saturated rings. The van der Waals surface area contributed by atoms with Crippen molar-refractivity contribution < 1.29 is 14.3 Å². The molecule has 0 bridgehead atoms. The van der Waals surface area contributed by atoms with Gasteiger partial charge in [0.15, 0.2) is 11.2 Å². The maximum Gasteiger partial charge on any atom is 0.338 e. The molecule has 2 aromatic carbocycles. The van der Waals surface area contributed by atoms with Gasteiger partial charge in [0.05, 0.1) is 11.3 Å². The van der Waals surface area contributed by atoms with E-state index in [1.54, 1.807) is 18.2 Å². The zero-order valence-electron chi connectivity index (χ0n) is 14.9. The van der Waals surface area contributed by atoms with Crippen LogP contribution < -0.4 is 11.1 Å². The lowest BCUT2D eigenvalue weighted by Gasteiger charge is -2.12. The maximum atomic E-state index is 12.3. The van der Waals surface area contributed by atoms with Gasteiger partial charge in [-0.05, 0) is 32.0 Å². The lowest BCUT2D eigenvalue weighted by atomic mass is 10.1. The first kappa shape index (κ1) is 18.6. The minimum Gasteiger partial charge on any atom is -0.449 e. The highest BCUT2D eigenvalue weighted by Crippen LogP contribution is 2.25. The maximum absolute atomic E-state index is 12.3. The molecule has 27 heavy (non-hydrogen) atoms. The Balaban J connectivity index is 1.61. The third-order valence-corrected chi connectivity index (χ3v) is 4.61. The Morgan fingerprint density at radius 3 is 2.63 bits per heavy atom. The molecule has 0 spiro atoms. The van der Waals surface area contributed by atoms with Gasteiger partial charge in [-0.25, -0.2) is 9.78 Å². The number of aryl methyl sites for hydroxylation is 1. The van der Waals surface area contributed by atoms with E-state index in [0.29, 0.717) is 16.4 Å². The molecule has 1 atom stereocenters. The summed E-state index contributed by atoms with van der Waals surface area (Å²) in [5.74, 6) is -1.05. The van der Waals surface area contributed by atoms with Crippen molar-refractivity contribution in [3.05, 3.63) is 65.0 Å². The lowest BCUT2D eigenvalue weighted by molar-refractivity contribution is -0.123. The van der Waals surface area contributed by atoms with Gasteiger partial charge in [-0.15, -0.1) is 11.3 Å². The van der Waals surface area contributed by atoms with Crippen molar-refractivity contribution in [2.75, 3.05) is 11.1 Å². The van der Waals surface area contributed by atoms with Crippen LogP contribution in [0.15, 0.2) is 53.9 Å². The molecule has 6 nitrogen and oxygen atoms in total. The number of nitrogens with two attached hydrogens (primary N) is 1. The molecule has 7 heteroatoms. The molecule has 1 aromatic heterocycles. The zero-order valence-corrected chi connectivity index (χ0v) is 15.7. The molecular formula is C20H19N3O3S. The minimum absolute atomic E-state index is 0.297. The SMILES string of the molecule is Cc1ccc(-c2csc(NC(=O)C(C)OC(=O)c3cccc(N)c3)n2)cc1. The third-order valence-electron chi connectivity index (χ3n) is 3.86. The fourth-order valence-electron chi connectivity index (χ4n) is 2.34. The van der Waals surface area contributed by atoms with Crippen LogP contribution in [0.3, 0.4) is 0 Å². The van der Waals surface area contributed by atoms with E-state index in [2.05, 4.69) is 10.3 Å². The second-order valence-electron chi connectivity index (χ2n) is 6.07. The average molecular weight is 381 g/mol. The molecule has 0 saturated heterocycles. The van der Waals surface area contributed by atoms with Crippen LogP contribution in [0.1, 0.15) is 22.8 Å². The van der Waals surface area contributed by atoms with Crippen LogP contribution in [0.4, 0.5) is 10.8 Å². The molecule has 3 N–H and O–H groups in total. The molecule has 138 valence electrons. The Kier molecular flexibility index (Phi) is 5.52. The van der Waals surface area contributed by atoms with Crippen LogP contribution in [0.5, 0.6) is 0 Å². The number of anilines is 2. The van der Waals surface area contributed by atoms with Gasteiger partial charge in [-0.2, -0.15) is 0 Å². The summed E-state index contributed by atoms with van der Waals surface area (Å²) in [5, 5.41) is 4.99. The van der Waals surface area contributed by atoms with E-state index >= 15 is 0 Å². The number of carbonyl (C=O) groups is 2. The molecule has 3 aromatic rings. The van der Waals surface area contributed by atoms with E-state index in [1.165, 1.54) is 29.9 Å². The highest BCUT2D eigenvalue weighted by molar-refractivity contribution is 7.14. The summed E-state index contributed by atoms with van der Waals surface area (Å²) in [4.78, 5) is 28.8. The summed E-state index contributed by atoms with van der Waals surface area (Å²) in [6.45, 7) is 3.52. The molecule has 1 heterocycles. The molecule has 0 aliphatic carbocycles. The first-order valence-electron chi connectivity index (χ1n) is 8.32. The fourth-order valence-corrected chi connectivity index (χ4v) is 3.07. The number of rotatable bonds is 5. The van der Waals surface area contributed by atoms with Crippen molar-refractivity contribution in [1.29, 1.82) is 0 Å². The number of ether oxygens (including phenoxy) is 1. The topological polar surface area (TPSA) is 94.3 Å².